The average Bonchev–Trinajstić information content (AvgIpc) is 2.73. The monoisotopic (exact) mass is 385 g/mol. The van der Waals surface area contributed by atoms with Crippen LogP contribution in [0.1, 0.15) is 24.4 Å². The van der Waals surface area contributed by atoms with Gasteiger partial charge in [-0.3, -0.25) is 0 Å². The third-order valence-corrected chi connectivity index (χ3v) is 3.96. The van der Waals surface area contributed by atoms with Crippen LogP contribution < -0.4 is 5.32 Å². The molecule has 102 valence electrons. The molecule has 0 fully saturated rings. The second kappa shape index (κ2) is 6.68. The molecule has 1 N–H and O–H groups in total. The average molecular weight is 387 g/mol. The molecule has 1 aromatic heterocycles. The Bertz CT molecular complexity index is 531. The van der Waals surface area contributed by atoms with E-state index in [-0.39, 0.29) is 6.04 Å². The molecule has 0 saturated carbocycles. The molecule has 2 rings (SSSR count). The molecule has 1 aromatic carbocycles. The van der Waals surface area contributed by atoms with Gasteiger partial charge in [0.15, 0.2) is 0 Å². The molecule has 2 aromatic rings. The van der Waals surface area contributed by atoms with Gasteiger partial charge in [-0.05, 0) is 30.3 Å². The van der Waals surface area contributed by atoms with Crippen LogP contribution in [0, 0.1) is 0 Å². The molecule has 0 amide bonds. The van der Waals surface area contributed by atoms with Crippen molar-refractivity contribution in [2.75, 3.05) is 6.54 Å². The summed E-state index contributed by atoms with van der Waals surface area (Å²) in [5.74, 6) is 1.09. The van der Waals surface area contributed by atoms with Crippen molar-refractivity contribution in [3.63, 3.8) is 0 Å². The minimum Gasteiger partial charge on any atom is -0.338 e. The van der Waals surface area contributed by atoms with Crippen LogP contribution in [0.15, 0.2) is 39.5 Å². The highest BCUT2D eigenvalue weighted by Crippen LogP contribution is 2.26. The maximum atomic E-state index is 4.41. The van der Waals surface area contributed by atoms with E-state index < -0.39 is 0 Å². The quantitative estimate of drug-likeness (QED) is 0.845. The normalized spacial score (nSPS) is 12.6. The Kier molecular flexibility index (Phi) is 5.19. The number of nitrogens with one attached hydrogen (secondary N) is 1. The topological polar surface area (TPSA) is 29.9 Å². The number of imidazole rings is 1. The lowest BCUT2D eigenvalue weighted by Gasteiger charge is -2.19. The van der Waals surface area contributed by atoms with Crippen LogP contribution in [-0.4, -0.2) is 16.1 Å². The molecular formula is C14H17Br2N3. The predicted molar refractivity (Wildman–Crippen MR) is 85.2 cm³/mol. The Morgan fingerprint density at radius 2 is 1.95 bits per heavy atom. The van der Waals surface area contributed by atoms with Crippen LogP contribution in [0.25, 0.3) is 0 Å². The first kappa shape index (κ1) is 14.8. The standard InChI is InChI=1S/C14H17Br2N3/c1-3-17-13(9-14-18-4-5-19(14)2)10-6-11(15)8-12(16)7-10/h4-8,13,17H,3,9H2,1-2H3. The van der Waals surface area contributed by atoms with Gasteiger partial charge in [0.05, 0.1) is 0 Å². The molecule has 0 bridgehead atoms. The Balaban J connectivity index is 2.26. The van der Waals surface area contributed by atoms with Crippen molar-refractivity contribution in [3.8, 4) is 0 Å². The van der Waals surface area contributed by atoms with Crippen molar-refractivity contribution < 1.29 is 0 Å². The van der Waals surface area contributed by atoms with Crippen LogP contribution in [-0.2, 0) is 13.5 Å². The summed E-state index contributed by atoms with van der Waals surface area (Å²) in [6, 6.07) is 6.62. The fraction of sp³-hybridized carbons (Fsp3) is 0.357. The van der Waals surface area contributed by atoms with Crippen molar-refractivity contribution in [3.05, 3.63) is 50.9 Å². The number of aryl methyl sites for hydroxylation is 1. The molecule has 1 heterocycles. The fourth-order valence-electron chi connectivity index (χ4n) is 2.11. The Hall–Kier alpha value is -0.650. The largest absolute Gasteiger partial charge is 0.338 e. The zero-order chi connectivity index (χ0) is 13.8. The molecule has 0 spiro atoms. The zero-order valence-electron chi connectivity index (χ0n) is 11.0. The van der Waals surface area contributed by atoms with Gasteiger partial charge in [0.2, 0.25) is 0 Å². The molecule has 0 radical (unpaired) electrons. The zero-order valence-corrected chi connectivity index (χ0v) is 14.2. The number of likely N-dealkylation sites (N-methyl/N-ethyl adjacent to an activating group) is 1. The minimum absolute atomic E-state index is 0.264. The highest BCUT2D eigenvalue weighted by atomic mass is 79.9. The van der Waals surface area contributed by atoms with Crippen molar-refractivity contribution in [1.82, 2.24) is 14.9 Å². The van der Waals surface area contributed by atoms with Gasteiger partial charge in [-0.1, -0.05) is 38.8 Å². The van der Waals surface area contributed by atoms with E-state index >= 15 is 0 Å². The Morgan fingerprint density at radius 1 is 1.26 bits per heavy atom. The number of nitrogens with zero attached hydrogens (tertiary/aromatic N) is 2. The fourth-order valence-corrected chi connectivity index (χ4v) is 3.44. The van der Waals surface area contributed by atoms with Gasteiger partial charge in [0.25, 0.3) is 0 Å². The van der Waals surface area contributed by atoms with E-state index in [9.17, 15) is 0 Å². The second-order valence-corrected chi connectivity index (χ2v) is 6.30. The van der Waals surface area contributed by atoms with E-state index in [4.69, 9.17) is 0 Å². The molecule has 1 unspecified atom stereocenters. The lowest BCUT2D eigenvalue weighted by atomic mass is 10.0. The summed E-state index contributed by atoms with van der Waals surface area (Å²) >= 11 is 7.09. The number of benzene rings is 1. The van der Waals surface area contributed by atoms with E-state index in [0.29, 0.717) is 0 Å². The summed E-state index contributed by atoms with van der Waals surface area (Å²) in [7, 11) is 2.03. The van der Waals surface area contributed by atoms with Gasteiger partial charge >= 0.3 is 0 Å². The van der Waals surface area contributed by atoms with Crippen molar-refractivity contribution >= 4 is 31.9 Å². The van der Waals surface area contributed by atoms with E-state index in [1.54, 1.807) is 0 Å². The lowest BCUT2D eigenvalue weighted by Crippen LogP contribution is -2.24. The first-order valence-corrected chi connectivity index (χ1v) is 7.84. The van der Waals surface area contributed by atoms with Crippen LogP contribution >= 0.6 is 31.9 Å². The van der Waals surface area contributed by atoms with Gasteiger partial charge in [0.1, 0.15) is 5.82 Å². The highest BCUT2D eigenvalue weighted by molar-refractivity contribution is 9.11. The van der Waals surface area contributed by atoms with Crippen molar-refractivity contribution in [1.29, 1.82) is 0 Å². The molecule has 19 heavy (non-hydrogen) atoms. The molecule has 1 atom stereocenters. The predicted octanol–water partition coefficient (Wildman–Crippen LogP) is 3.84. The van der Waals surface area contributed by atoms with E-state index in [1.807, 2.05) is 25.5 Å². The summed E-state index contributed by atoms with van der Waals surface area (Å²) in [5.41, 5.74) is 1.26. The maximum absolute atomic E-state index is 4.41. The van der Waals surface area contributed by atoms with Crippen LogP contribution in [0.5, 0.6) is 0 Å². The SMILES string of the molecule is CCNC(Cc1nccn1C)c1cc(Br)cc(Br)c1. The Labute approximate surface area is 130 Å². The third-order valence-electron chi connectivity index (χ3n) is 3.05. The van der Waals surface area contributed by atoms with Crippen molar-refractivity contribution in [2.24, 2.45) is 7.05 Å². The van der Waals surface area contributed by atoms with Crippen LogP contribution in [0.4, 0.5) is 0 Å². The first-order valence-electron chi connectivity index (χ1n) is 6.25. The molecular weight excluding hydrogens is 370 g/mol. The van der Waals surface area contributed by atoms with Gasteiger partial charge < -0.3 is 9.88 Å². The molecule has 0 aliphatic carbocycles. The van der Waals surface area contributed by atoms with Crippen LogP contribution in [0.2, 0.25) is 0 Å². The van der Waals surface area contributed by atoms with Crippen molar-refractivity contribution in [2.45, 2.75) is 19.4 Å². The summed E-state index contributed by atoms with van der Waals surface area (Å²) in [4.78, 5) is 4.41. The van der Waals surface area contributed by atoms with Gasteiger partial charge in [-0.15, -0.1) is 0 Å². The number of halogens is 2. The smallest absolute Gasteiger partial charge is 0.110 e. The number of hydrogen-bond donors (Lipinski definition) is 1. The maximum Gasteiger partial charge on any atom is 0.110 e. The molecule has 0 aliphatic heterocycles. The molecule has 0 saturated heterocycles. The summed E-state index contributed by atoms with van der Waals surface area (Å²) < 4.78 is 4.23. The second-order valence-electron chi connectivity index (χ2n) is 4.47. The highest BCUT2D eigenvalue weighted by Gasteiger charge is 2.14. The first-order chi connectivity index (χ1) is 9.10. The molecule has 0 aliphatic rings. The minimum atomic E-state index is 0.264. The van der Waals surface area contributed by atoms with E-state index in [1.165, 1.54) is 5.56 Å². The summed E-state index contributed by atoms with van der Waals surface area (Å²) in [5, 5.41) is 3.52. The molecule has 3 nitrogen and oxygen atoms in total. The lowest BCUT2D eigenvalue weighted by molar-refractivity contribution is 0.528. The number of aromatic nitrogens is 2. The number of rotatable bonds is 5. The van der Waals surface area contributed by atoms with Crippen LogP contribution in [0.3, 0.4) is 0 Å². The van der Waals surface area contributed by atoms with Gasteiger partial charge in [-0.25, -0.2) is 4.98 Å². The van der Waals surface area contributed by atoms with Gasteiger partial charge in [0, 0.05) is 40.8 Å². The Morgan fingerprint density at radius 3 is 2.47 bits per heavy atom. The third kappa shape index (κ3) is 3.91. The van der Waals surface area contributed by atoms with E-state index in [0.717, 1.165) is 27.7 Å². The summed E-state index contributed by atoms with van der Waals surface area (Å²) in [6.07, 6.45) is 4.70. The molecule has 5 heteroatoms. The summed E-state index contributed by atoms with van der Waals surface area (Å²) in [6.45, 7) is 3.05. The number of hydrogen-bond acceptors (Lipinski definition) is 2. The van der Waals surface area contributed by atoms with Gasteiger partial charge in [-0.2, -0.15) is 0 Å². The van der Waals surface area contributed by atoms with E-state index in [2.05, 4.69) is 65.8 Å².